The lowest BCUT2D eigenvalue weighted by molar-refractivity contribution is -0.125. The van der Waals surface area contributed by atoms with Crippen molar-refractivity contribution in [3.63, 3.8) is 0 Å². The molecule has 0 radical (unpaired) electrons. The molecule has 1 unspecified atom stereocenters. The van der Waals surface area contributed by atoms with Crippen LogP contribution in [-0.2, 0) is 11.3 Å². The lowest BCUT2D eigenvalue weighted by atomic mass is 10.1. The predicted molar refractivity (Wildman–Crippen MR) is 82.9 cm³/mol. The number of hydrogen-bond acceptors (Lipinski definition) is 4. The molecule has 2 heterocycles. The molecule has 0 bridgehead atoms. The molecular formula is C15H27N5O. The van der Waals surface area contributed by atoms with Gasteiger partial charge in [-0.1, -0.05) is 0 Å². The first-order valence-corrected chi connectivity index (χ1v) is 7.66. The van der Waals surface area contributed by atoms with Crippen molar-refractivity contribution in [1.82, 2.24) is 24.9 Å². The fourth-order valence-electron chi connectivity index (χ4n) is 2.91. The first-order chi connectivity index (χ1) is 10.0. The van der Waals surface area contributed by atoms with Gasteiger partial charge in [-0.05, 0) is 27.0 Å². The molecule has 1 aromatic rings. The van der Waals surface area contributed by atoms with Crippen molar-refractivity contribution in [3.05, 3.63) is 18.0 Å². The van der Waals surface area contributed by atoms with Crippen LogP contribution in [0.25, 0.3) is 0 Å². The van der Waals surface area contributed by atoms with E-state index in [1.807, 2.05) is 6.20 Å². The highest BCUT2D eigenvalue weighted by Gasteiger charge is 2.26. The average molecular weight is 293 g/mol. The number of carbonyl (C=O) groups is 1. The van der Waals surface area contributed by atoms with Gasteiger partial charge in [-0.2, -0.15) is 5.10 Å². The molecule has 1 fully saturated rings. The SMILES string of the molecule is CNC(=O)C1CN(C)CCN(Cc2ccnn2C(C)C)C1. The summed E-state index contributed by atoms with van der Waals surface area (Å²) in [6.07, 6.45) is 1.86. The van der Waals surface area contributed by atoms with Crippen molar-refractivity contribution in [2.45, 2.75) is 26.4 Å². The first-order valence-electron chi connectivity index (χ1n) is 7.66. The molecule has 6 nitrogen and oxygen atoms in total. The van der Waals surface area contributed by atoms with E-state index in [4.69, 9.17) is 0 Å². The number of nitrogens with zero attached hydrogens (tertiary/aromatic N) is 4. The van der Waals surface area contributed by atoms with Crippen LogP contribution < -0.4 is 5.32 Å². The number of aromatic nitrogens is 2. The molecule has 1 amide bonds. The summed E-state index contributed by atoms with van der Waals surface area (Å²) in [5, 5.41) is 7.17. The fourth-order valence-corrected chi connectivity index (χ4v) is 2.91. The van der Waals surface area contributed by atoms with Crippen LogP contribution in [0.4, 0.5) is 0 Å². The van der Waals surface area contributed by atoms with Crippen molar-refractivity contribution in [2.24, 2.45) is 5.92 Å². The molecule has 1 N–H and O–H groups in total. The Kier molecular flexibility index (Phi) is 5.36. The first kappa shape index (κ1) is 16.0. The molecular weight excluding hydrogens is 266 g/mol. The van der Waals surface area contributed by atoms with Gasteiger partial charge in [0.25, 0.3) is 0 Å². The highest BCUT2D eigenvalue weighted by atomic mass is 16.1. The van der Waals surface area contributed by atoms with Gasteiger partial charge in [0, 0.05) is 52.0 Å². The highest BCUT2D eigenvalue weighted by Crippen LogP contribution is 2.14. The third-order valence-electron chi connectivity index (χ3n) is 4.05. The smallest absolute Gasteiger partial charge is 0.225 e. The number of likely N-dealkylation sites (N-methyl/N-ethyl adjacent to an activating group) is 1. The number of amides is 1. The lowest BCUT2D eigenvalue weighted by Crippen LogP contribution is -2.39. The van der Waals surface area contributed by atoms with Gasteiger partial charge in [0.05, 0.1) is 11.6 Å². The van der Waals surface area contributed by atoms with Crippen LogP contribution in [0.2, 0.25) is 0 Å². The van der Waals surface area contributed by atoms with Crippen LogP contribution >= 0.6 is 0 Å². The standard InChI is InChI=1S/C15H27N5O/c1-12(2)20-14(5-6-17-20)11-19-8-7-18(4)9-13(10-19)15(21)16-3/h5-6,12-13H,7-11H2,1-4H3,(H,16,21). The van der Waals surface area contributed by atoms with Gasteiger partial charge >= 0.3 is 0 Å². The van der Waals surface area contributed by atoms with E-state index in [2.05, 4.69) is 51.9 Å². The number of carbonyl (C=O) groups excluding carboxylic acids is 1. The molecule has 1 atom stereocenters. The molecule has 0 saturated carbocycles. The van der Waals surface area contributed by atoms with E-state index in [0.717, 1.165) is 32.7 Å². The molecule has 1 aliphatic rings. The van der Waals surface area contributed by atoms with Gasteiger partial charge in [0.2, 0.25) is 5.91 Å². The minimum absolute atomic E-state index is 0.0259. The zero-order valence-electron chi connectivity index (χ0n) is 13.5. The Bertz CT molecular complexity index is 470. The van der Waals surface area contributed by atoms with Crippen molar-refractivity contribution in [1.29, 1.82) is 0 Å². The summed E-state index contributed by atoms with van der Waals surface area (Å²) in [5.41, 5.74) is 1.21. The Balaban J connectivity index is 2.07. The molecule has 1 aromatic heterocycles. The zero-order chi connectivity index (χ0) is 15.4. The van der Waals surface area contributed by atoms with Crippen LogP contribution in [-0.4, -0.2) is 65.8 Å². The van der Waals surface area contributed by atoms with Crippen molar-refractivity contribution >= 4 is 5.91 Å². The minimum atomic E-state index is 0.0259. The zero-order valence-corrected chi connectivity index (χ0v) is 13.5. The highest BCUT2D eigenvalue weighted by molar-refractivity contribution is 5.78. The summed E-state index contributed by atoms with van der Waals surface area (Å²) < 4.78 is 2.06. The normalized spacial score (nSPS) is 21.5. The maximum Gasteiger partial charge on any atom is 0.225 e. The molecule has 2 rings (SSSR count). The number of nitrogens with one attached hydrogen (secondary N) is 1. The monoisotopic (exact) mass is 293 g/mol. The molecule has 0 aliphatic carbocycles. The molecule has 0 spiro atoms. The lowest BCUT2D eigenvalue weighted by Gasteiger charge is -2.23. The molecule has 6 heteroatoms. The van der Waals surface area contributed by atoms with Crippen molar-refractivity contribution in [2.75, 3.05) is 40.3 Å². The Morgan fingerprint density at radius 1 is 1.43 bits per heavy atom. The molecule has 21 heavy (non-hydrogen) atoms. The van der Waals surface area contributed by atoms with Crippen LogP contribution in [0.5, 0.6) is 0 Å². The van der Waals surface area contributed by atoms with Gasteiger partial charge < -0.3 is 10.2 Å². The number of rotatable bonds is 4. The van der Waals surface area contributed by atoms with E-state index in [1.54, 1.807) is 7.05 Å². The summed E-state index contributed by atoms with van der Waals surface area (Å²) in [4.78, 5) is 16.6. The van der Waals surface area contributed by atoms with E-state index in [9.17, 15) is 4.79 Å². The summed E-state index contributed by atoms with van der Waals surface area (Å²) in [5.74, 6) is 0.157. The van der Waals surface area contributed by atoms with Crippen LogP contribution in [0.3, 0.4) is 0 Å². The van der Waals surface area contributed by atoms with Crippen molar-refractivity contribution in [3.8, 4) is 0 Å². The van der Waals surface area contributed by atoms with Crippen LogP contribution in [0.15, 0.2) is 12.3 Å². The summed E-state index contributed by atoms with van der Waals surface area (Å²) >= 11 is 0. The third-order valence-corrected chi connectivity index (χ3v) is 4.05. The summed E-state index contributed by atoms with van der Waals surface area (Å²) in [7, 11) is 3.79. The largest absolute Gasteiger partial charge is 0.359 e. The van der Waals surface area contributed by atoms with E-state index >= 15 is 0 Å². The molecule has 118 valence electrons. The maximum absolute atomic E-state index is 12.0. The fraction of sp³-hybridized carbons (Fsp3) is 0.733. The second-order valence-corrected chi connectivity index (χ2v) is 6.17. The third kappa shape index (κ3) is 4.04. The molecule has 1 aliphatic heterocycles. The van der Waals surface area contributed by atoms with Gasteiger partial charge in [-0.3, -0.25) is 14.4 Å². The van der Waals surface area contributed by atoms with E-state index in [1.165, 1.54) is 5.69 Å². The van der Waals surface area contributed by atoms with E-state index in [-0.39, 0.29) is 11.8 Å². The van der Waals surface area contributed by atoms with Gasteiger partial charge in [-0.15, -0.1) is 0 Å². The Labute approximate surface area is 127 Å². The second-order valence-electron chi connectivity index (χ2n) is 6.17. The number of hydrogen-bond donors (Lipinski definition) is 1. The average Bonchev–Trinajstić information content (AvgIpc) is 2.83. The summed E-state index contributed by atoms with van der Waals surface area (Å²) in [6.45, 7) is 8.71. The van der Waals surface area contributed by atoms with E-state index < -0.39 is 0 Å². The molecule has 1 saturated heterocycles. The van der Waals surface area contributed by atoms with E-state index in [0.29, 0.717) is 6.04 Å². The van der Waals surface area contributed by atoms with Gasteiger partial charge in [0.15, 0.2) is 0 Å². The maximum atomic E-state index is 12.0. The van der Waals surface area contributed by atoms with Gasteiger partial charge in [0.1, 0.15) is 0 Å². The van der Waals surface area contributed by atoms with Crippen LogP contribution in [0, 0.1) is 5.92 Å². The predicted octanol–water partition coefficient (Wildman–Crippen LogP) is 0.574. The Morgan fingerprint density at radius 2 is 2.19 bits per heavy atom. The molecule has 0 aromatic carbocycles. The van der Waals surface area contributed by atoms with Crippen LogP contribution in [0.1, 0.15) is 25.6 Å². The second kappa shape index (κ2) is 7.04. The summed E-state index contributed by atoms with van der Waals surface area (Å²) in [6, 6.07) is 2.43. The topological polar surface area (TPSA) is 53.4 Å². The van der Waals surface area contributed by atoms with Gasteiger partial charge in [-0.25, -0.2) is 0 Å². The Hall–Kier alpha value is -1.40. The minimum Gasteiger partial charge on any atom is -0.359 e. The Morgan fingerprint density at radius 3 is 2.86 bits per heavy atom. The quantitative estimate of drug-likeness (QED) is 0.882. The van der Waals surface area contributed by atoms with Crippen molar-refractivity contribution < 1.29 is 4.79 Å².